The van der Waals surface area contributed by atoms with Crippen LogP contribution in [0, 0.1) is 5.82 Å². The molecular formula is C19H22FNO4. The predicted octanol–water partition coefficient (Wildman–Crippen LogP) is 3.17. The van der Waals surface area contributed by atoms with Crippen LogP contribution in [0.15, 0.2) is 36.4 Å². The van der Waals surface area contributed by atoms with E-state index >= 15 is 0 Å². The number of rotatable bonds is 7. The minimum absolute atomic E-state index is 0.0647. The third kappa shape index (κ3) is 4.21. The molecule has 25 heavy (non-hydrogen) atoms. The third-order valence-corrected chi connectivity index (χ3v) is 3.91. The SMILES string of the molecule is COc1cc(CCN(C)C(=O)c2ccccc2F)cc(OC)c1OC. The monoisotopic (exact) mass is 347 g/mol. The van der Waals surface area contributed by atoms with Gasteiger partial charge in [0.2, 0.25) is 5.75 Å². The van der Waals surface area contributed by atoms with Crippen LogP contribution in [-0.2, 0) is 6.42 Å². The molecule has 0 fully saturated rings. The summed E-state index contributed by atoms with van der Waals surface area (Å²) < 4.78 is 29.7. The summed E-state index contributed by atoms with van der Waals surface area (Å²) in [5, 5.41) is 0. The molecule has 0 aliphatic carbocycles. The van der Waals surface area contributed by atoms with Crippen molar-refractivity contribution < 1.29 is 23.4 Å². The molecule has 0 aliphatic heterocycles. The van der Waals surface area contributed by atoms with Gasteiger partial charge >= 0.3 is 0 Å². The number of amides is 1. The van der Waals surface area contributed by atoms with Gasteiger partial charge in [0.1, 0.15) is 5.82 Å². The van der Waals surface area contributed by atoms with E-state index in [0.717, 1.165) is 5.56 Å². The van der Waals surface area contributed by atoms with Gasteiger partial charge in [-0.15, -0.1) is 0 Å². The van der Waals surface area contributed by atoms with E-state index in [1.54, 1.807) is 40.5 Å². The first kappa shape index (κ1) is 18.6. The highest BCUT2D eigenvalue weighted by atomic mass is 19.1. The molecular weight excluding hydrogens is 325 g/mol. The van der Waals surface area contributed by atoms with Crippen LogP contribution in [-0.4, -0.2) is 45.7 Å². The van der Waals surface area contributed by atoms with Crippen LogP contribution >= 0.6 is 0 Å². The molecule has 0 aromatic heterocycles. The first-order valence-electron chi connectivity index (χ1n) is 7.80. The normalized spacial score (nSPS) is 10.3. The molecule has 0 aliphatic rings. The van der Waals surface area contributed by atoms with Crippen molar-refractivity contribution in [1.82, 2.24) is 4.90 Å². The van der Waals surface area contributed by atoms with Crippen LogP contribution in [0.3, 0.4) is 0 Å². The topological polar surface area (TPSA) is 48.0 Å². The Labute approximate surface area is 146 Å². The van der Waals surface area contributed by atoms with E-state index in [1.165, 1.54) is 17.0 Å². The summed E-state index contributed by atoms with van der Waals surface area (Å²) in [6.07, 6.45) is 0.563. The minimum Gasteiger partial charge on any atom is -0.493 e. The van der Waals surface area contributed by atoms with E-state index < -0.39 is 5.82 Å². The fourth-order valence-corrected chi connectivity index (χ4v) is 2.52. The van der Waals surface area contributed by atoms with Crippen molar-refractivity contribution in [3.05, 3.63) is 53.3 Å². The summed E-state index contributed by atoms with van der Waals surface area (Å²) in [6.45, 7) is 0.422. The Morgan fingerprint density at radius 2 is 1.64 bits per heavy atom. The molecule has 0 spiro atoms. The molecule has 0 saturated carbocycles. The molecule has 5 nitrogen and oxygen atoms in total. The molecule has 0 heterocycles. The molecule has 0 radical (unpaired) electrons. The van der Waals surface area contributed by atoms with Crippen LogP contribution in [0.4, 0.5) is 4.39 Å². The van der Waals surface area contributed by atoms with Crippen LogP contribution < -0.4 is 14.2 Å². The average molecular weight is 347 g/mol. The molecule has 0 bridgehead atoms. The highest BCUT2D eigenvalue weighted by Gasteiger charge is 2.17. The number of hydrogen-bond acceptors (Lipinski definition) is 4. The Bertz CT molecular complexity index is 723. The summed E-state index contributed by atoms with van der Waals surface area (Å²) in [5.41, 5.74) is 0.984. The summed E-state index contributed by atoms with van der Waals surface area (Å²) in [4.78, 5) is 13.8. The fourth-order valence-electron chi connectivity index (χ4n) is 2.52. The standard InChI is InChI=1S/C19H22FNO4/c1-21(19(22)14-7-5-6-8-15(14)20)10-9-13-11-16(23-2)18(25-4)17(12-13)24-3/h5-8,11-12H,9-10H2,1-4H3. The second-order valence-electron chi connectivity index (χ2n) is 5.49. The van der Waals surface area contributed by atoms with Crippen molar-refractivity contribution in [2.24, 2.45) is 0 Å². The number of hydrogen-bond donors (Lipinski definition) is 0. The van der Waals surface area contributed by atoms with Gasteiger partial charge in [-0.1, -0.05) is 12.1 Å². The number of methoxy groups -OCH3 is 3. The van der Waals surface area contributed by atoms with Crippen LogP contribution in [0.25, 0.3) is 0 Å². The number of carbonyl (C=O) groups is 1. The molecule has 1 amide bonds. The van der Waals surface area contributed by atoms with E-state index in [0.29, 0.717) is 30.2 Å². The number of halogens is 1. The molecule has 2 rings (SSSR count). The molecule has 0 N–H and O–H groups in total. The highest BCUT2D eigenvalue weighted by Crippen LogP contribution is 2.38. The lowest BCUT2D eigenvalue weighted by molar-refractivity contribution is 0.0792. The zero-order valence-corrected chi connectivity index (χ0v) is 14.8. The van der Waals surface area contributed by atoms with Gasteiger partial charge in [0.25, 0.3) is 5.91 Å². The first-order chi connectivity index (χ1) is 12.0. The lowest BCUT2D eigenvalue weighted by Crippen LogP contribution is -2.29. The average Bonchev–Trinajstić information content (AvgIpc) is 2.64. The van der Waals surface area contributed by atoms with Gasteiger partial charge in [-0.05, 0) is 36.2 Å². The zero-order chi connectivity index (χ0) is 18.4. The van der Waals surface area contributed by atoms with E-state index in [-0.39, 0.29) is 11.5 Å². The summed E-state index contributed by atoms with van der Waals surface area (Å²) in [6, 6.07) is 9.63. The van der Waals surface area contributed by atoms with E-state index in [9.17, 15) is 9.18 Å². The van der Waals surface area contributed by atoms with Crippen molar-refractivity contribution in [2.75, 3.05) is 34.9 Å². The lowest BCUT2D eigenvalue weighted by Gasteiger charge is -2.19. The van der Waals surface area contributed by atoms with Gasteiger partial charge in [0.05, 0.1) is 26.9 Å². The van der Waals surface area contributed by atoms with Crippen molar-refractivity contribution >= 4 is 5.91 Å². The summed E-state index contributed by atoms with van der Waals surface area (Å²) >= 11 is 0. The molecule has 2 aromatic carbocycles. The summed E-state index contributed by atoms with van der Waals surface area (Å²) in [7, 11) is 6.29. The first-order valence-corrected chi connectivity index (χ1v) is 7.80. The Morgan fingerprint density at radius 1 is 1.04 bits per heavy atom. The van der Waals surface area contributed by atoms with Crippen LogP contribution in [0.2, 0.25) is 0 Å². The Morgan fingerprint density at radius 3 is 2.16 bits per heavy atom. The Hall–Kier alpha value is -2.76. The van der Waals surface area contributed by atoms with E-state index in [4.69, 9.17) is 14.2 Å². The van der Waals surface area contributed by atoms with Crippen LogP contribution in [0.1, 0.15) is 15.9 Å². The zero-order valence-electron chi connectivity index (χ0n) is 14.8. The molecule has 0 atom stereocenters. The predicted molar refractivity (Wildman–Crippen MR) is 93.2 cm³/mol. The molecule has 0 unspecified atom stereocenters. The second-order valence-corrected chi connectivity index (χ2v) is 5.49. The lowest BCUT2D eigenvalue weighted by atomic mass is 10.1. The van der Waals surface area contributed by atoms with Gasteiger partial charge in [0.15, 0.2) is 11.5 Å². The molecule has 2 aromatic rings. The van der Waals surface area contributed by atoms with Crippen molar-refractivity contribution in [3.63, 3.8) is 0 Å². The van der Waals surface area contributed by atoms with Gasteiger partial charge < -0.3 is 19.1 Å². The smallest absolute Gasteiger partial charge is 0.256 e. The Balaban J connectivity index is 2.13. The van der Waals surface area contributed by atoms with E-state index in [1.807, 2.05) is 12.1 Å². The minimum atomic E-state index is -0.521. The number of ether oxygens (including phenoxy) is 3. The maximum absolute atomic E-state index is 13.7. The molecule has 6 heteroatoms. The van der Waals surface area contributed by atoms with Crippen molar-refractivity contribution in [2.45, 2.75) is 6.42 Å². The number of nitrogens with zero attached hydrogens (tertiary/aromatic N) is 1. The number of carbonyl (C=O) groups excluding carboxylic acids is 1. The van der Waals surface area contributed by atoms with Gasteiger partial charge in [0, 0.05) is 13.6 Å². The number of likely N-dealkylation sites (N-methyl/N-ethyl adjacent to an activating group) is 1. The Kier molecular flexibility index (Phi) is 6.22. The van der Waals surface area contributed by atoms with Gasteiger partial charge in [-0.3, -0.25) is 4.79 Å². The van der Waals surface area contributed by atoms with E-state index in [2.05, 4.69) is 0 Å². The van der Waals surface area contributed by atoms with Gasteiger partial charge in [-0.25, -0.2) is 4.39 Å². The highest BCUT2D eigenvalue weighted by molar-refractivity contribution is 5.94. The van der Waals surface area contributed by atoms with Crippen molar-refractivity contribution in [1.29, 1.82) is 0 Å². The maximum atomic E-state index is 13.7. The molecule has 134 valence electrons. The van der Waals surface area contributed by atoms with Gasteiger partial charge in [-0.2, -0.15) is 0 Å². The molecule has 0 saturated heterocycles. The maximum Gasteiger partial charge on any atom is 0.256 e. The third-order valence-electron chi connectivity index (χ3n) is 3.91. The number of benzene rings is 2. The van der Waals surface area contributed by atoms with Crippen molar-refractivity contribution in [3.8, 4) is 17.2 Å². The van der Waals surface area contributed by atoms with Crippen LogP contribution in [0.5, 0.6) is 17.2 Å². The second kappa shape index (κ2) is 8.37. The largest absolute Gasteiger partial charge is 0.493 e. The fraction of sp³-hybridized carbons (Fsp3) is 0.316. The quantitative estimate of drug-likeness (QED) is 0.772. The summed E-state index contributed by atoms with van der Waals surface area (Å²) in [5.74, 6) is 0.752.